The Hall–Kier alpha value is -1.97. The highest BCUT2D eigenvalue weighted by atomic mass is 35.5. The van der Waals surface area contributed by atoms with Crippen molar-refractivity contribution in [2.24, 2.45) is 5.92 Å². The van der Waals surface area contributed by atoms with Crippen LogP contribution in [0.2, 0.25) is 5.02 Å². The zero-order valence-electron chi connectivity index (χ0n) is 15.1. The molecular weight excluding hydrogens is 370 g/mol. The molecule has 1 aromatic heterocycles. The molecule has 0 bridgehead atoms. The van der Waals surface area contributed by atoms with Gasteiger partial charge in [0, 0.05) is 11.6 Å². The zero-order valence-corrected chi connectivity index (χ0v) is 16.7. The average Bonchev–Trinajstić information content (AvgIpc) is 2.58. The van der Waals surface area contributed by atoms with E-state index in [-0.39, 0.29) is 18.0 Å². The first-order valence-corrected chi connectivity index (χ1v) is 9.67. The summed E-state index contributed by atoms with van der Waals surface area (Å²) in [5.41, 5.74) is 0.410. The maximum atomic E-state index is 12.9. The number of terminal acetylenes is 1. The predicted octanol–water partition coefficient (Wildman–Crippen LogP) is 3.33. The predicted molar refractivity (Wildman–Crippen MR) is 108 cm³/mol. The Balaban J connectivity index is 2.44. The molecule has 138 valence electrons. The van der Waals surface area contributed by atoms with E-state index < -0.39 is 5.25 Å². The minimum absolute atomic E-state index is 0.119. The summed E-state index contributed by atoms with van der Waals surface area (Å²) in [6.07, 6.45) is 6.02. The highest BCUT2D eigenvalue weighted by Gasteiger charge is 2.19. The minimum atomic E-state index is -0.433. The normalized spacial score (nSPS) is 12.2. The van der Waals surface area contributed by atoms with E-state index in [1.54, 1.807) is 29.7 Å². The Kier molecular flexibility index (Phi) is 7.13. The number of hydrogen-bond acceptors (Lipinski definition) is 4. The van der Waals surface area contributed by atoms with Crippen LogP contribution in [0.15, 0.2) is 28.2 Å². The molecule has 1 amide bonds. The van der Waals surface area contributed by atoms with Crippen molar-refractivity contribution < 1.29 is 4.79 Å². The van der Waals surface area contributed by atoms with E-state index >= 15 is 0 Å². The quantitative estimate of drug-likeness (QED) is 0.446. The summed E-state index contributed by atoms with van der Waals surface area (Å²) in [5.74, 6) is 2.63. The van der Waals surface area contributed by atoms with Crippen LogP contribution in [0.4, 0.5) is 0 Å². The lowest BCUT2D eigenvalue weighted by Crippen LogP contribution is -2.32. The van der Waals surface area contributed by atoms with Crippen LogP contribution in [0.25, 0.3) is 10.9 Å². The first-order valence-electron chi connectivity index (χ1n) is 8.41. The number of thioether (sulfide) groups is 1. The zero-order chi connectivity index (χ0) is 19.3. The van der Waals surface area contributed by atoms with E-state index in [1.807, 2.05) is 0 Å². The molecule has 1 N–H and O–H groups in total. The molecule has 0 aliphatic rings. The van der Waals surface area contributed by atoms with E-state index in [1.165, 1.54) is 11.8 Å². The second-order valence-electron chi connectivity index (χ2n) is 6.38. The van der Waals surface area contributed by atoms with Crippen molar-refractivity contribution in [1.29, 1.82) is 0 Å². The number of hydrogen-bond donors (Lipinski definition) is 1. The summed E-state index contributed by atoms with van der Waals surface area (Å²) in [6, 6.07) is 5.04. The fourth-order valence-electron chi connectivity index (χ4n) is 2.34. The van der Waals surface area contributed by atoms with Crippen molar-refractivity contribution in [3.63, 3.8) is 0 Å². The number of amides is 1. The van der Waals surface area contributed by atoms with Crippen molar-refractivity contribution in [1.82, 2.24) is 14.9 Å². The maximum Gasteiger partial charge on any atom is 0.262 e. The number of carbonyl (C=O) groups is 1. The standard InChI is InChI=1S/C19H22ClN3O2S/c1-5-9-21-17(24)13(4)26-19-22-16-11-14(20)6-7-15(16)18(25)23(19)10-8-12(2)3/h1,6-7,11-13H,8-10H2,2-4H3,(H,21,24). The second kappa shape index (κ2) is 9.11. The number of halogens is 1. The summed E-state index contributed by atoms with van der Waals surface area (Å²) in [4.78, 5) is 29.7. The van der Waals surface area contributed by atoms with Gasteiger partial charge in [-0.05, 0) is 37.5 Å². The number of aromatic nitrogens is 2. The molecule has 2 aromatic rings. The number of fused-ring (bicyclic) bond motifs is 1. The van der Waals surface area contributed by atoms with Crippen LogP contribution >= 0.6 is 23.4 Å². The molecule has 2 rings (SSSR count). The molecule has 0 saturated carbocycles. The van der Waals surface area contributed by atoms with Gasteiger partial charge >= 0.3 is 0 Å². The van der Waals surface area contributed by atoms with Gasteiger partial charge in [-0.3, -0.25) is 14.2 Å². The summed E-state index contributed by atoms with van der Waals surface area (Å²) < 4.78 is 1.64. The fourth-order valence-corrected chi connectivity index (χ4v) is 3.47. The minimum Gasteiger partial charge on any atom is -0.344 e. The Morgan fingerprint density at radius 1 is 1.42 bits per heavy atom. The van der Waals surface area contributed by atoms with Crippen LogP contribution in [0.3, 0.4) is 0 Å². The lowest BCUT2D eigenvalue weighted by atomic mass is 10.1. The molecule has 1 unspecified atom stereocenters. The third-order valence-corrected chi connectivity index (χ3v) is 5.15. The van der Waals surface area contributed by atoms with E-state index in [2.05, 4.69) is 30.1 Å². The maximum absolute atomic E-state index is 12.9. The average molecular weight is 392 g/mol. The van der Waals surface area contributed by atoms with Gasteiger partial charge in [-0.1, -0.05) is 43.1 Å². The van der Waals surface area contributed by atoms with Crippen LogP contribution < -0.4 is 10.9 Å². The highest BCUT2D eigenvalue weighted by molar-refractivity contribution is 8.00. The molecule has 0 aliphatic heterocycles. The van der Waals surface area contributed by atoms with Crippen LogP contribution in [0, 0.1) is 18.3 Å². The van der Waals surface area contributed by atoms with Gasteiger partial charge in [0.2, 0.25) is 5.91 Å². The SMILES string of the molecule is C#CCNC(=O)C(C)Sc1nc2cc(Cl)ccc2c(=O)n1CCC(C)C. The van der Waals surface area contributed by atoms with Crippen molar-refractivity contribution in [3.05, 3.63) is 33.6 Å². The van der Waals surface area contributed by atoms with Gasteiger partial charge in [-0.25, -0.2) is 4.98 Å². The van der Waals surface area contributed by atoms with E-state index in [9.17, 15) is 9.59 Å². The number of carbonyl (C=O) groups excluding carboxylic acids is 1. The van der Waals surface area contributed by atoms with Crippen molar-refractivity contribution in [2.75, 3.05) is 6.54 Å². The van der Waals surface area contributed by atoms with Crippen LogP contribution in [-0.4, -0.2) is 27.3 Å². The molecule has 0 saturated heterocycles. The van der Waals surface area contributed by atoms with Gasteiger partial charge in [0.25, 0.3) is 5.56 Å². The molecule has 1 atom stereocenters. The van der Waals surface area contributed by atoms with Gasteiger partial charge in [-0.2, -0.15) is 0 Å². The molecule has 0 fully saturated rings. The van der Waals surface area contributed by atoms with Crippen LogP contribution in [-0.2, 0) is 11.3 Å². The lowest BCUT2D eigenvalue weighted by molar-refractivity contribution is -0.120. The molecule has 0 radical (unpaired) electrons. The number of benzene rings is 1. The third kappa shape index (κ3) is 5.03. The first kappa shape index (κ1) is 20.3. The molecule has 1 aromatic carbocycles. The van der Waals surface area contributed by atoms with Crippen molar-refractivity contribution in [2.45, 2.75) is 44.1 Å². The Labute approximate surface area is 162 Å². The summed E-state index contributed by atoms with van der Waals surface area (Å²) >= 11 is 7.28. The number of nitrogens with zero attached hydrogens (tertiary/aromatic N) is 2. The largest absolute Gasteiger partial charge is 0.344 e. The van der Waals surface area contributed by atoms with Gasteiger partial charge in [0.1, 0.15) is 0 Å². The molecule has 1 heterocycles. The van der Waals surface area contributed by atoms with Crippen molar-refractivity contribution in [3.8, 4) is 12.3 Å². The van der Waals surface area contributed by atoms with Crippen LogP contribution in [0.1, 0.15) is 27.2 Å². The topological polar surface area (TPSA) is 64.0 Å². The second-order valence-corrected chi connectivity index (χ2v) is 8.12. The Bertz CT molecular complexity index is 902. The van der Waals surface area contributed by atoms with Gasteiger partial charge < -0.3 is 5.32 Å². The summed E-state index contributed by atoms with van der Waals surface area (Å²) in [6.45, 7) is 6.68. The van der Waals surface area contributed by atoms with E-state index in [4.69, 9.17) is 18.0 Å². The molecule has 5 nitrogen and oxygen atoms in total. The lowest BCUT2D eigenvalue weighted by Gasteiger charge is -2.16. The molecule has 26 heavy (non-hydrogen) atoms. The summed E-state index contributed by atoms with van der Waals surface area (Å²) in [5, 5.41) is 3.76. The fraction of sp³-hybridized carbons (Fsp3) is 0.421. The highest BCUT2D eigenvalue weighted by Crippen LogP contribution is 2.24. The number of rotatable bonds is 7. The Morgan fingerprint density at radius 2 is 2.15 bits per heavy atom. The molecule has 7 heteroatoms. The smallest absolute Gasteiger partial charge is 0.262 e. The first-order chi connectivity index (χ1) is 12.3. The van der Waals surface area contributed by atoms with Gasteiger partial charge in [-0.15, -0.1) is 6.42 Å². The van der Waals surface area contributed by atoms with E-state index in [0.29, 0.717) is 33.5 Å². The van der Waals surface area contributed by atoms with E-state index in [0.717, 1.165) is 6.42 Å². The summed E-state index contributed by atoms with van der Waals surface area (Å²) in [7, 11) is 0. The molecular formula is C19H22ClN3O2S. The third-order valence-electron chi connectivity index (χ3n) is 3.83. The molecule has 0 spiro atoms. The van der Waals surface area contributed by atoms with Gasteiger partial charge in [0.15, 0.2) is 5.16 Å². The van der Waals surface area contributed by atoms with Crippen molar-refractivity contribution >= 4 is 40.2 Å². The molecule has 0 aliphatic carbocycles. The van der Waals surface area contributed by atoms with Crippen LogP contribution in [0.5, 0.6) is 0 Å². The van der Waals surface area contributed by atoms with Gasteiger partial charge in [0.05, 0.1) is 22.7 Å². The Morgan fingerprint density at radius 3 is 2.81 bits per heavy atom. The number of nitrogens with one attached hydrogen (secondary N) is 1. The monoisotopic (exact) mass is 391 g/mol.